The zero-order valence-corrected chi connectivity index (χ0v) is 23.6. The molecule has 5 heteroatoms. The van der Waals surface area contributed by atoms with Gasteiger partial charge in [0, 0.05) is 18.7 Å². The molecule has 0 saturated carbocycles. The zero-order valence-electron chi connectivity index (χ0n) is 23.6. The number of hydrogen-bond donors (Lipinski definition) is 2. The number of benzene rings is 1. The van der Waals surface area contributed by atoms with Crippen LogP contribution in [-0.4, -0.2) is 31.5 Å². The monoisotopic (exact) mass is 502 g/mol. The van der Waals surface area contributed by atoms with Crippen LogP contribution in [0.15, 0.2) is 18.2 Å². The lowest BCUT2D eigenvalue weighted by Gasteiger charge is -2.14. The van der Waals surface area contributed by atoms with E-state index in [1.807, 2.05) is 0 Å². The van der Waals surface area contributed by atoms with Crippen LogP contribution in [-0.2, 0) is 0 Å². The van der Waals surface area contributed by atoms with Crippen LogP contribution in [0.4, 0.5) is 0 Å². The molecule has 0 saturated heterocycles. The van der Waals surface area contributed by atoms with E-state index >= 15 is 0 Å². The van der Waals surface area contributed by atoms with E-state index in [1.165, 1.54) is 70.6 Å². The highest BCUT2D eigenvalue weighted by Crippen LogP contribution is 2.22. The van der Waals surface area contributed by atoms with Crippen LogP contribution in [0.25, 0.3) is 0 Å². The van der Waals surface area contributed by atoms with E-state index in [0.29, 0.717) is 36.6 Å². The topological polar surface area (TPSA) is 67.4 Å². The van der Waals surface area contributed by atoms with Gasteiger partial charge in [0.1, 0.15) is 5.75 Å². The minimum atomic E-state index is -0.122. The summed E-state index contributed by atoms with van der Waals surface area (Å²) >= 11 is 0. The molecule has 5 nitrogen and oxygen atoms in total. The minimum Gasteiger partial charge on any atom is -0.493 e. The SMILES string of the molecule is CCCCCCCCCOc1cc(C(=O)NCCCCCCC)ccc1C(=O)NCCCCCCC. The number of carbonyl (C=O) groups is 2. The molecule has 0 aliphatic rings. The van der Waals surface area contributed by atoms with Crippen molar-refractivity contribution in [3.63, 3.8) is 0 Å². The van der Waals surface area contributed by atoms with Gasteiger partial charge in [-0.05, 0) is 37.5 Å². The fourth-order valence-electron chi connectivity index (χ4n) is 4.27. The number of ether oxygens (including phenoxy) is 1. The third-order valence-corrected chi connectivity index (χ3v) is 6.63. The first-order valence-electron chi connectivity index (χ1n) is 15.0. The van der Waals surface area contributed by atoms with Crippen LogP contribution < -0.4 is 15.4 Å². The first-order valence-corrected chi connectivity index (χ1v) is 15.0. The summed E-state index contributed by atoms with van der Waals surface area (Å²) in [6.07, 6.45) is 20.0. The van der Waals surface area contributed by atoms with Crippen molar-refractivity contribution >= 4 is 11.8 Å². The zero-order chi connectivity index (χ0) is 26.3. The average Bonchev–Trinajstić information content (AvgIpc) is 2.89. The molecular weight excluding hydrogens is 448 g/mol. The normalized spacial score (nSPS) is 10.9. The van der Waals surface area contributed by atoms with E-state index in [2.05, 4.69) is 31.4 Å². The van der Waals surface area contributed by atoms with E-state index in [4.69, 9.17) is 4.74 Å². The average molecular weight is 503 g/mol. The molecule has 0 aromatic heterocycles. The van der Waals surface area contributed by atoms with E-state index in [1.54, 1.807) is 18.2 Å². The molecule has 2 N–H and O–H groups in total. The fourth-order valence-corrected chi connectivity index (χ4v) is 4.27. The van der Waals surface area contributed by atoms with Crippen LogP contribution >= 0.6 is 0 Å². The number of amides is 2. The molecule has 0 heterocycles. The number of rotatable bonds is 23. The molecule has 0 aliphatic heterocycles. The Morgan fingerprint density at radius 2 is 1.08 bits per heavy atom. The molecule has 206 valence electrons. The van der Waals surface area contributed by atoms with Crippen LogP contribution in [0.1, 0.15) is 151 Å². The van der Waals surface area contributed by atoms with Gasteiger partial charge in [-0.1, -0.05) is 111 Å². The van der Waals surface area contributed by atoms with Gasteiger partial charge in [-0.3, -0.25) is 9.59 Å². The second-order valence-corrected chi connectivity index (χ2v) is 10.0. The Morgan fingerprint density at radius 3 is 1.64 bits per heavy atom. The predicted molar refractivity (Wildman–Crippen MR) is 152 cm³/mol. The van der Waals surface area contributed by atoms with E-state index < -0.39 is 0 Å². The highest BCUT2D eigenvalue weighted by Gasteiger charge is 2.16. The maximum absolute atomic E-state index is 12.9. The lowest BCUT2D eigenvalue weighted by atomic mass is 10.1. The van der Waals surface area contributed by atoms with Gasteiger partial charge >= 0.3 is 0 Å². The summed E-state index contributed by atoms with van der Waals surface area (Å²) in [5, 5.41) is 6.05. The molecule has 0 aliphatic carbocycles. The van der Waals surface area contributed by atoms with Crippen molar-refractivity contribution in [1.82, 2.24) is 10.6 Å². The van der Waals surface area contributed by atoms with Gasteiger partial charge in [0.2, 0.25) is 0 Å². The maximum atomic E-state index is 12.9. The van der Waals surface area contributed by atoms with Gasteiger partial charge in [0.05, 0.1) is 12.2 Å². The minimum absolute atomic E-state index is 0.103. The van der Waals surface area contributed by atoms with Crippen molar-refractivity contribution in [3.8, 4) is 5.75 Å². The van der Waals surface area contributed by atoms with Gasteiger partial charge in [0.15, 0.2) is 0 Å². The molecular formula is C31H54N2O3. The second kappa shape index (κ2) is 22.2. The van der Waals surface area contributed by atoms with Crippen molar-refractivity contribution in [3.05, 3.63) is 29.3 Å². The molecule has 1 aromatic rings. The van der Waals surface area contributed by atoms with Crippen molar-refractivity contribution in [2.45, 2.75) is 130 Å². The third kappa shape index (κ3) is 15.2. The molecule has 2 amide bonds. The van der Waals surface area contributed by atoms with Crippen molar-refractivity contribution in [1.29, 1.82) is 0 Å². The van der Waals surface area contributed by atoms with Crippen LogP contribution in [0.3, 0.4) is 0 Å². The molecule has 36 heavy (non-hydrogen) atoms. The molecule has 1 rings (SSSR count). The predicted octanol–water partition coefficient (Wildman–Crippen LogP) is 8.22. The van der Waals surface area contributed by atoms with Gasteiger partial charge in [-0.15, -0.1) is 0 Å². The fraction of sp³-hybridized carbons (Fsp3) is 0.742. The Labute approximate surface area is 221 Å². The number of carbonyl (C=O) groups excluding carboxylic acids is 2. The quantitative estimate of drug-likeness (QED) is 0.148. The van der Waals surface area contributed by atoms with Crippen molar-refractivity contribution in [2.75, 3.05) is 19.7 Å². The van der Waals surface area contributed by atoms with Crippen molar-refractivity contribution in [2.24, 2.45) is 0 Å². The van der Waals surface area contributed by atoms with Gasteiger partial charge < -0.3 is 15.4 Å². The summed E-state index contributed by atoms with van der Waals surface area (Å²) in [5.41, 5.74) is 1.07. The summed E-state index contributed by atoms with van der Waals surface area (Å²) in [6, 6.07) is 5.22. The Balaban J connectivity index is 2.64. The highest BCUT2D eigenvalue weighted by molar-refractivity contribution is 6.00. The molecule has 1 aromatic carbocycles. The number of hydrogen-bond acceptors (Lipinski definition) is 3. The van der Waals surface area contributed by atoms with Crippen LogP contribution in [0.5, 0.6) is 5.75 Å². The Bertz CT molecular complexity index is 705. The second-order valence-electron chi connectivity index (χ2n) is 10.0. The van der Waals surface area contributed by atoms with Crippen LogP contribution in [0, 0.1) is 0 Å². The smallest absolute Gasteiger partial charge is 0.255 e. The van der Waals surface area contributed by atoms with Gasteiger partial charge in [-0.2, -0.15) is 0 Å². The highest BCUT2D eigenvalue weighted by atomic mass is 16.5. The van der Waals surface area contributed by atoms with E-state index in [-0.39, 0.29) is 11.8 Å². The van der Waals surface area contributed by atoms with E-state index in [9.17, 15) is 9.59 Å². The first-order chi connectivity index (χ1) is 17.6. The standard InChI is InChI=1S/C31H54N2O3/c1-4-7-10-13-14-17-20-25-36-29-26-27(30(34)32-23-18-15-11-8-5-2)21-22-28(29)31(35)33-24-19-16-12-9-6-3/h21-22,26H,4-20,23-25H2,1-3H3,(H,32,34)(H,33,35). The largest absolute Gasteiger partial charge is 0.493 e. The van der Waals surface area contributed by atoms with Crippen LogP contribution in [0.2, 0.25) is 0 Å². The summed E-state index contributed by atoms with van der Waals surface area (Å²) in [6.45, 7) is 8.54. The third-order valence-electron chi connectivity index (χ3n) is 6.63. The molecule has 0 fully saturated rings. The maximum Gasteiger partial charge on any atom is 0.255 e. The Hall–Kier alpha value is -2.04. The molecule has 0 radical (unpaired) electrons. The lowest BCUT2D eigenvalue weighted by molar-refractivity contribution is 0.0937. The van der Waals surface area contributed by atoms with Gasteiger partial charge in [-0.25, -0.2) is 0 Å². The Morgan fingerprint density at radius 1 is 0.611 bits per heavy atom. The number of nitrogens with one attached hydrogen (secondary N) is 2. The summed E-state index contributed by atoms with van der Waals surface area (Å²) < 4.78 is 6.07. The molecule has 0 atom stereocenters. The molecule has 0 bridgehead atoms. The molecule has 0 spiro atoms. The summed E-state index contributed by atoms with van der Waals surface area (Å²) in [7, 11) is 0. The summed E-state index contributed by atoms with van der Waals surface area (Å²) in [5.74, 6) is 0.289. The Kier molecular flexibility index (Phi) is 19.7. The van der Waals surface area contributed by atoms with E-state index in [0.717, 1.165) is 38.5 Å². The van der Waals surface area contributed by atoms with Crippen molar-refractivity contribution < 1.29 is 14.3 Å². The summed E-state index contributed by atoms with van der Waals surface area (Å²) in [4.78, 5) is 25.6. The number of unbranched alkanes of at least 4 members (excludes halogenated alkanes) is 14. The van der Waals surface area contributed by atoms with Gasteiger partial charge in [0.25, 0.3) is 11.8 Å². The first kappa shape index (κ1) is 32.0. The lowest BCUT2D eigenvalue weighted by Crippen LogP contribution is -2.26. The molecule has 0 unspecified atom stereocenters.